The van der Waals surface area contributed by atoms with Crippen LogP contribution in [0.15, 0.2) is 81.7 Å². The van der Waals surface area contributed by atoms with E-state index < -0.39 is 112 Å². The number of ether oxygens (including phenoxy) is 4. The molecule has 6 fully saturated rings. The smallest absolute Gasteiger partial charge is 0.394 e. The SMILES string of the molecule is CC(C)(C)OC(=O)C[C@H]1CCCCC/C=C\[C@@H]2C[C@@]2(C(=O)NS(=O)(=O)C2(C)CC2)CC(=O)[C@@H]2C[C@@H](Oc3nc4ccccc4o3)CN2C1=O.CC(C)(C)OC(=O)C[C@H]1CCCCC/C=C\[C@@H]2C[C@@]2(C(=O)O)CC(=O)[C@@H]2C[C@@H](Oc3nc4ccccc4o3)CN2C1=O.CC1(S(N)(=O)=O)CC1. The normalized spacial score (nSPS) is 29.3. The number of carbonyl (C=O) groups excluding carboxylic acids is 7. The summed E-state index contributed by atoms with van der Waals surface area (Å²) in [6, 6.07) is 12.6. The number of sulfonamides is 2. The molecule has 27 heteroatoms. The molecular weight excluding hydrogens is 1320 g/mol. The Bertz CT molecular complexity index is 3940. The number of hydrogen-bond donors (Lipinski definition) is 3. The van der Waals surface area contributed by atoms with Gasteiger partial charge in [0.1, 0.15) is 34.4 Å². The number of carbonyl (C=O) groups is 8. The zero-order valence-corrected chi connectivity index (χ0v) is 59.6. The zero-order valence-electron chi connectivity index (χ0n) is 58.0. The van der Waals surface area contributed by atoms with Gasteiger partial charge in [-0.1, -0.05) is 74.3 Å². The van der Waals surface area contributed by atoms with Gasteiger partial charge in [0, 0.05) is 37.5 Å². The number of Topliss-reactive ketones (excluding diaryl/α,β-unsaturated/α-hetero) is 2. The van der Waals surface area contributed by atoms with Gasteiger partial charge in [-0.3, -0.25) is 43.1 Å². The molecule has 99 heavy (non-hydrogen) atoms. The average Bonchev–Trinajstić information content (AvgIpc) is 1.58. The predicted molar refractivity (Wildman–Crippen MR) is 363 cm³/mol. The van der Waals surface area contributed by atoms with Crippen LogP contribution in [0.5, 0.6) is 12.2 Å². The van der Waals surface area contributed by atoms with Crippen molar-refractivity contribution in [3.63, 3.8) is 0 Å². The molecule has 4 aliphatic carbocycles. The summed E-state index contributed by atoms with van der Waals surface area (Å²) in [5.41, 5.74) is -1.49. The number of esters is 2. The van der Waals surface area contributed by atoms with Crippen LogP contribution < -0.4 is 19.3 Å². The number of carboxylic acids is 1. The van der Waals surface area contributed by atoms with E-state index in [1.165, 1.54) is 9.80 Å². The van der Waals surface area contributed by atoms with Gasteiger partial charge in [-0.2, -0.15) is 9.97 Å². The van der Waals surface area contributed by atoms with Gasteiger partial charge < -0.3 is 42.7 Å². The number of fused-ring (bicyclic) bond motifs is 6. The van der Waals surface area contributed by atoms with Gasteiger partial charge in [-0.15, -0.1) is 0 Å². The molecule has 4 N–H and O–H groups in total. The van der Waals surface area contributed by atoms with Crippen molar-refractivity contribution in [3.05, 3.63) is 72.8 Å². The number of aromatic nitrogens is 2. The standard InChI is InChI=1S/C36H47N3O9S.C32H40N2O8.C4H9NO2S/c1-34(2,3)48-30(41)18-23-12-8-6-5-7-9-13-24-20-36(24,32(43)38-49(44,45)35(4)16-17-35)21-28(40)27-19-25(22-39(27)31(23)42)46-33-37-26-14-10-11-15-29(26)47-33;1-31(2,3)42-27(36)15-20-11-7-5-4-6-8-12-21-17-32(21,29(38)39)18-25(35)24-16-22(19-34(24)28(20)37)40-30-33-23-13-9-10-14-26(23)41-30;1-4(2-3-4)8(5,6)7/h9-11,13-15,23-25,27H,5-8,12,16-22H2,1-4H3,(H,38,43);8-10,12-14,20-22,24H,4-7,11,15-19H2,1-3H3,(H,38,39);2-3H2,1H3,(H2,5,6,7)/b13-9-;12-8-;/t23-,24-,25-,27+,36-;20-,21-,22-,24+,32-;/m11./s1. The second-order valence-corrected chi connectivity index (χ2v) is 35.1. The summed E-state index contributed by atoms with van der Waals surface area (Å²) in [5.74, 6) is -5.85. The van der Waals surface area contributed by atoms with Crippen LogP contribution in [0.1, 0.15) is 197 Å². The second-order valence-electron chi connectivity index (χ2n) is 30.9. The maximum Gasteiger partial charge on any atom is 0.394 e. The lowest BCUT2D eigenvalue weighted by Crippen LogP contribution is -2.47. The third kappa shape index (κ3) is 18.2. The number of allylic oxidation sites excluding steroid dienone is 4. The van der Waals surface area contributed by atoms with E-state index >= 15 is 0 Å². The van der Waals surface area contributed by atoms with Crippen molar-refractivity contribution < 1.29 is 88.1 Å². The Morgan fingerprint density at radius 3 is 1.42 bits per heavy atom. The number of nitrogens with two attached hydrogens (primary N) is 1. The number of ketones is 2. The van der Waals surface area contributed by atoms with E-state index in [0.29, 0.717) is 67.1 Å². The number of rotatable bonds is 13. The Balaban J connectivity index is 0.000000194. The highest BCUT2D eigenvalue weighted by molar-refractivity contribution is 7.91. The van der Waals surface area contributed by atoms with Crippen LogP contribution in [0.2, 0.25) is 0 Å². The largest absolute Gasteiger partial charge is 0.481 e. The zero-order chi connectivity index (χ0) is 71.7. The van der Waals surface area contributed by atoms with Crippen LogP contribution in [0.25, 0.3) is 22.2 Å². The van der Waals surface area contributed by atoms with Gasteiger partial charge in [0.15, 0.2) is 22.7 Å². The number of carboxylic acid groups (broad SMARTS) is 1. The first kappa shape index (κ1) is 74.2. The van der Waals surface area contributed by atoms with Crippen molar-refractivity contribution >= 4 is 89.4 Å². The third-order valence-corrected chi connectivity index (χ3v) is 24.4. The molecule has 4 aromatic rings. The second kappa shape index (κ2) is 29.2. The number of nitrogens with zero attached hydrogens (tertiary/aromatic N) is 4. The minimum Gasteiger partial charge on any atom is -0.481 e. The first-order valence-corrected chi connectivity index (χ1v) is 37.8. The molecule has 25 nitrogen and oxygen atoms in total. The number of amides is 3. The van der Waals surface area contributed by atoms with Gasteiger partial charge in [-0.05, 0) is 169 Å². The lowest BCUT2D eigenvalue weighted by molar-refractivity contribution is -0.159. The minimum absolute atomic E-state index is 0.0150. The molecule has 0 unspecified atom stereocenters. The molecule has 0 spiro atoms. The van der Waals surface area contributed by atoms with Crippen LogP contribution in [0.3, 0.4) is 0 Å². The van der Waals surface area contributed by atoms with Crippen LogP contribution >= 0.6 is 0 Å². The number of nitrogens with one attached hydrogen (secondary N) is 1. The molecule has 10 atom stereocenters. The average molecular weight is 1410 g/mol. The maximum atomic E-state index is 14.4. The summed E-state index contributed by atoms with van der Waals surface area (Å²) in [7, 11) is -7.15. The lowest BCUT2D eigenvalue weighted by atomic mass is 9.90. The van der Waals surface area contributed by atoms with Crippen LogP contribution in [-0.2, 0) is 67.9 Å². The predicted octanol–water partition coefficient (Wildman–Crippen LogP) is 9.93. The highest BCUT2D eigenvalue weighted by atomic mass is 32.2. The fraction of sp³-hybridized carbons (Fsp3) is 0.639. The fourth-order valence-corrected chi connectivity index (χ4v) is 15.8. The highest BCUT2D eigenvalue weighted by Crippen LogP contribution is 2.59. The molecule has 4 saturated carbocycles. The molecule has 4 aliphatic heterocycles. The highest BCUT2D eigenvalue weighted by Gasteiger charge is 2.64. The van der Waals surface area contributed by atoms with Crippen LogP contribution in [0, 0.1) is 34.5 Å². The number of oxazole rings is 2. The summed E-state index contributed by atoms with van der Waals surface area (Å²) >= 11 is 0. The number of hydrogen-bond acceptors (Lipinski definition) is 20. The van der Waals surface area contributed by atoms with Crippen LogP contribution in [0.4, 0.5) is 0 Å². The lowest BCUT2D eigenvalue weighted by Gasteiger charge is -2.29. The van der Waals surface area contributed by atoms with Crippen molar-refractivity contribution in [2.75, 3.05) is 13.1 Å². The van der Waals surface area contributed by atoms with Gasteiger partial charge in [0.05, 0.1) is 58.3 Å². The van der Waals surface area contributed by atoms with E-state index in [1.807, 2.05) is 48.6 Å². The summed E-state index contributed by atoms with van der Waals surface area (Å²) in [6.07, 6.45) is 16.8. The molecular formula is C72H96N6O19S2. The van der Waals surface area contributed by atoms with E-state index in [2.05, 4.69) is 14.7 Å². The summed E-state index contributed by atoms with van der Waals surface area (Å²) in [5, 5.41) is 14.9. The number of primary sulfonamides is 1. The summed E-state index contributed by atoms with van der Waals surface area (Å²) in [6.45, 7) is 14.1. The number of para-hydroxylation sites is 4. The third-order valence-electron chi connectivity index (χ3n) is 20.5. The quantitative estimate of drug-likeness (QED) is 0.0827. The Hall–Kier alpha value is -7.52. The molecule has 8 aliphatic rings. The fourth-order valence-electron chi connectivity index (χ4n) is 13.7. The molecule has 3 amide bonds. The minimum atomic E-state index is -3.92. The first-order valence-electron chi connectivity index (χ1n) is 34.8. The van der Waals surface area contributed by atoms with E-state index in [4.69, 9.17) is 32.9 Å². The summed E-state index contributed by atoms with van der Waals surface area (Å²) < 4.78 is 82.7. The molecule has 12 rings (SSSR count). The first-order chi connectivity index (χ1) is 46.5. The Morgan fingerprint density at radius 1 is 0.616 bits per heavy atom. The van der Waals surface area contributed by atoms with Crippen molar-refractivity contribution in [2.24, 2.45) is 39.6 Å². The molecule has 2 aromatic heterocycles. The van der Waals surface area contributed by atoms with E-state index in [1.54, 1.807) is 79.7 Å². The summed E-state index contributed by atoms with van der Waals surface area (Å²) in [4.78, 5) is 120. The monoisotopic (exact) mass is 1410 g/mol. The van der Waals surface area contributed by atoms with Crippen LogP contribution in [-0.4, -0.2) is 147 Å². The molecule has 540 valence electrons. The van der Waals surface area contributed by atoms with Gasteiger partial charge in [-0.25, -0.2) is 22.0 Å². The molecule has 2 saturated heterocycles. The molecule has 0 bridgehead atoms. The molecule has 0 radical (unpaired) electrons. The Labute approximate surface area is 578 Å². The number of benzene rings is 2. The number of aliphatic carboxylic acids is 1. The Kier molecular flexibility index (Phi) is 21.9. The van der Waals surface area contributed by atoms with E-state index in [-0.39, 0.29) is 99.0 Å². The van der Waals surface area contributed by atoms with E-state index in [0.717, 1.165) is 57.8 Å². The van der Waals surface area contributed by atoms with Crippen molar-refractivity contribution in [1.29, 1.82) is 0 Å². The topological polar surface area (TPSA) is 359 Å². The Morgan fingerprint density at radius 2 is 1.03 bits per heavy atom. The van der Waals surface area contributed by atoms with Crippen molar-refractivity contribution in [3.8, 4) is 12.2 Å². The van der Waals surface area contributed by atoms with Crippen molar-refractivity contribution in [1.82, 2.24) is 24.5 Å². The molecule has 2 aromatic carbocycles. The van der Waals surface area contributed by atoms with E-state index in [9.17, 15) is 60.3 Å². The molecule has 6 heterocycles. The van der Waals surface area contributed by atoms with Gasteiger partial charge in [0.2, 0.25) is 37.8 Å². The maximum absolute atomic E-state index is 14.4. The van der Waals surface area contributed by atoms with Crippen molar-refractivity contribution in [2.45, 2.75) is 242 Å². The van der Waals surface area contributed by atoms with Gasteiger partial charge >= 0.3 is 30.1 Å². The van der Waals surface area contributed by atoms with Gasteiger partial charge in [0.25, 0.3) is 0 Å².